The molecular weight excluding hydrogens is 236 g/mol. The summed E-state index contributed by atoms with van der Waals surface area (Å²) in [7, 11) is 0. The smallest absolute Gasteiger partial charge is 0.122 e. The lowest BCUT2D eigenvalue weighted by Gasteiger charge is -2.33. The predicted molar refractivity (Wildman–Crippen MR) is 75.9 cm³/mol. The van der Waals surface area contributed by atoms with Crippen LogP contribution in [0.15, 0.2) is 0 Å². The molecule has 3 heterocycles. The number of rotatable bonds is 1. The highest BCUT2D eigenvalue weighted by Crippen LogP contribution is 2.39. The van der Waals surface area contributed by atoms with E-state index in [9.17, 15) is 5.26 Å². The first-order valence-electron chi connectivity index (χ1n) is 7.26. The van der Waals surface area contributed by atoms with Crippen LogP contribution in [0, 0.1) is 25.2 Å². The van der Waals surface area contributed by atoms with Crippen LogP contribution in [0.1, 0.15) is 48.5 Å². The zero-order valence-electron chi connectivity index (χ0n) is 11.8. The summed E-state index contributed by atoms with van der Waals surface area (Å²) in [5.74, 6) is 0.676. The standard InChI is InChI=1S/C15H22N4/c1-10-11(2)19(15(17)12(10)9-16)14-6-8-18-7-4-3-5-13(14)18/h13-14H,3-8,17H2,1-2H3. The molecule has 0 amide bonds. The first-order chi connectivity index (χ1) is 9.15. The molecule has 1 aromatic rings. The van der Waals surface area contributed by atoms with Crippen molar-refractivity contribution < 1.29 is 0 Å². The molecule has 0 aromatic carbocycles. The Morgan fingerprint density at radius 1 is 1.16 bits per heavy atom. The van der Waals surface area contributed by atoms with Gasteiger partial charge in [-0.2, -0.15) is 5.26 Å². The number of hydrogen-bond acceptors (Lipinski definition) is 3. The molecule has 0 bridgehead atoms. The third-order valence-corrected chi connectivity index (χ3v) is 5.06. The monoisotopic (exact) mass is 258 g/mol. The summed E-state index contributed by atoms with van der Waals surface area (Å²) in [5.41, 5.74) is 9.13. The van der Waals surface area contributed by atoms with Gasteiger partial charge in [0.1, 0.15) is 11.9 Å². The second-order valence-electron chi connectivity index (χ2n) is 5.91. The molecule has 2 unspecified atom stereocenters. The van der Waals surface area contributed by atoms with Gasteiger partial charge < -0.3 is 10.3 Å². The van der Waals surface area contributed by atoms with E-state index in [1.807, 2.05) is 6.92 Å². The highest BCUT2D eigenvalue weighted by molar-refractivity contribution is 5.58. The first kappa shape index (κ1) is 12.6. The molecule has 0 radical (unpaired) electrons. The lowest BCUT2D eigenvalue weighted by atomic mass is 9.98. The second-order valence-corrected chi connectivity index (χ2v) is 5.91. The largest absolute Gasteiger partial charge is 0.384 e. The Hall–Kier alpha value is -1.47. The molecule has 0 aliphatic carbocycles. The molecule has 1 aromatic heterocycles. The lowest BCUT2D eigenvalue weighted by molar-refractivity contribution is 0.173. The van der Waals surface area contributed by atoms with Crippen molar-refractivity contribution in [3.05, 3.63) is 16.8 Å². The summed E-state index contributed by atoms with van der Waals surface area (Å²) in [4.78, 5) is 2.61. The highest BCUT2D eigenvalue weighted by Gasteiger charge is 2.38. The van der Waals surface area contributed by atoms with Crippen LogP contribution in [-0.4, -0.2) is 28.6 Å². The number of nitrogens with zero attached hydrogens (tertiary/aromatic N) is 3. The number of aromatic nitrogens is 1. The van der Waals surface area contributed by atoms with Crippen LogP contribution in [-0.2, 0) is 0 Å². The fourth-order valence-electron chi connectivity index (χ4n) is 3.95. The summed E-state index contributed by atoms with van der Waals surface area (Å²) >= 11 is 0. The Morgan fingerprint density at radius 2 is 1.95 bits per heavy atom. The van der Waals surface area contributed by atoms with E-state index < -0.39 is 0 Å². The third kappa shape index (κ3) is 1.76. The fraction of sp³-hybridized carbons (Fsp3) is 0.667. The number of piperidine rings is 1. The number of fused-ring (bicyclic) bond motifs is 1. The van der Waals surface area contributed by atoms with Gasteiger partial charge in [-0.25, -0.2) is 0 Å². The van der Waals surface area contributed by atoms with Gasteiger partial charge in [-0.05, 0) is 45.2 Å². The molecular formula is C15H22N4. The molecule has 2 N–H and O–H groups in total. The minimum Gasteiger partial charge on any atom is -0.384 e. The molecule has 2 atom stereocenters. The zero-order chi connectivity index (χ0) is 13.6. The Morgan fingerprint density at radius 3 is 2.63 bits per heavy atom. The van der Waals surface area contributed by atoms with Crippen molar-refractivity contribution in [3.8, 4) is 6.07 Å². The van der Waals surface area contributed by atoms with E-state index >= 15 is 0 Å². The van der Waals surface area contributed by atoms with Gasteiger partial charge >= 0.3 is 0 Å². The summed E-state index contributed by atoms with van der Waals surface area (Å²) in [5, 5.41) is 9.26. The maximum absolute atomic E-state index is 9.26. The fourth-order valence-corrected chi connectivity index (χ4v) is 3.95. The summed E-state index contributed by atoms with van der Waals surface area (Å²) in [6, 6.07) is 3.34. The molecule has 2 aliphatic rings. The number of anilines is 1. The summed E-state index contributed by atoms with van der Waals surface area (Å²) in [6.07, 6.45) is 5.07. The zero-order valence-corrected chi connectivity index (χ0v) is 11.8. The molecule has 0 spiro atoms. The van der Waals surface area contributed by atoms with Gasteiger partial charge in [0.25, 0.3) is 0 Å². The van der Waals surface area contributed by atoms with Gasteiger partial charge in [0.05, 0.1) is 11.6 Å². The van der Waals surface area contributed by atoms with Crippen LogP contribution >= 0.6 is 0 Å². The number of hydrogen-bond donors (Lipinski definition) is 1. The Labute approximate surface area is 114 Å². The number of nitrogens with two attached hydrogens (primary N) is 1. The molecule has 0 saturated carbocycles. The lowest BCUT2D eigenvalue weighted by Crippen LogP contribution is -2.38. The van der Waals surface area contributed by atoms with E-state index in [1.165, 1.54) is 38.0 Å². The maximum Gasteiger partial charge on any atom is 0.122 e. The minimum atomic E-state index is 0.459. The first-order valence-corrected chi connectivity index (χ1v) is 7.26. The van der Waals surface area contributed by atoms with E-state index in [4.69, 9.17) is 5.73 Å². The van der Waals surface area contributed by atoms with E-state index in [-0.39, 0.29) is 0 Å². The van der Waals surface area contributed by atoms with Crippen LogP contribution in [0.25, 0.3) is 0 Å². The van der Waals surface area contributed by atoms with Gasteiger partial charge in [-0.1, -0.05) is 6.42 Å². The van der Waals surface area contributed by atoms with Gasteiger partial charge in [0, 0.05) is 18.3 Å². The Bertz CT molecular complexity index is 537. The molecule has 4 heteroatoms. The maximum atomic E-state index is 9.26. The van der Waals surface area contributed by atoms with E-state index in [0.717, 1.165) is 12.0 Å². The van der Waals surface area contributed by atoms with Crippen molar-refractivity contribution in [2.45, 2.75) is 51.6 Å². The van der Waals surface area contributed by atoms with Crippen LogP contribution in [0.4, 0.5) is 5.82 Å². The molecule has 2 aliphatic heterocycles. The topological polar surface area (TPSA) is 58.0 Å². The van der Waals surface area contributed by atoms with Crippen molar-refractivity contribution >= 4 is 5.82 Å². The van der Waals surface area contributed by atoms with Crippen molar-refractivity contribution in [1.29, 1.82) is 5.26 Å². The molecule has 2 saturated heterocycles. The second kappa shape index (κ2) is 4.57. The van der Waals surface area contributed by atoms with Gasteiger partial charge in [0.15, 0.2) is 0 Å². The Balaban J connectivity index is 2.01. The number of nitriles is 1. The quantitative estimate of drug-likeness (QED) is 0.841. The van der Waals surface area contributed by atoms with E-state index in [2.05, 4.69) is 22.5 Å². The van der Waals surface area contributed by atoms with Crippen molar-refractivity contribution in [1.82, 2.24) is 9.47 Å². The van der Waals surface area contributed by atoms with Gasteiger partial charge in [0.2, 0.25) is 0 Å². The molecule has 102 valence electrons. The average Bonchev–Trinajstić information content (AvgIpc) is 2.91. The molecule has 19 heavy (non-hydrogen) atoms. The van der Waals surface area contributed by atoms with E-state index in [1.54, 1.807) is 0 Å². The molecule has 2 fully saturated rings. The molecule has 3 rings (SSSR count). The molecule has 4 nitrogen and oxygen atoms in total. The number of nitrogen functional groups attached to an aromatic ring is 1. The summed E-state index contributed by atoms with van der Waals surface area (Å²) in [6.45, 7) is 6.51. The normalized spacial score (nSPS) is 27.2. The predicted octanol–water partition coefficient (Wildman–Crippen LogP) is 2.36. The SMILES string of the molecule is Cc1c(C#N)c(N)n(C2CCN3CCCCC23)c1C. The van der Waals surface area contributed by atoms with Crippen LogP contribution < -0.4 is 5.73 Å². The summed E-state index contributed by atoms with van der Waals surface area (Å²) < 4.78 is 2.24. The van der Waals surface area contributed by atoms with Gasteiger partial charge in [-0.3, -0.25) is 4.90 Å². The van der Waals surface area contributed by atoms with Gasteiger partial charge in [-0.15, -0.1) is 0 Å². The Kier molecular flexibility index (Phi) is 3.02. The third-order valence-electron chi connectivity index (χ3n) is 5.06. The van der Waals surface area contributed by atoms with Crippen molar-refractivity contribution in [2.24, 2.45) is 0 Å². The van der Waals surface area contributed by atoms with Crippen molar-refractivity contribution in [2.75, 3.05) is 18.8 Å². The van der Waals surface area contributed by atoms with Crippen LogP contribution in [0.3, 0.4) is 0 Å². The highest BCUT2D eigenvalue weighted by atomic mass is 15.3. The minimum absolute atomic E-state index is 0.459. The van der Waals surface area contributed by atoms with Crippen LogP contribution in [0.5, 0.6) is 0 Å². The van der Waals surface area contributed by atoms with Crippen LogP contribution in [0.2, 0.25) is 0 Å². The van der Waals surface area contributed by atoms with Crippen molar-refractivity contribution in [3.63, 3.8) is 0 Å². The average molecular weight is 258 g/mol. The van der Waals surface area contributed by atoms with E-state index in [0.29, 0.717) is 23.5 Å².